The van der Waals surface area contributed by atoms with E-state index in [0.29, 0.717) is 25.0 Å². The third-order valence-corrected chi connectivity index (χ3v) is 4.95. The Kier molecular flexibility index (Phi) is 3.39. The minimum Gasteiger partial charge on any atom is -0.466 e. The molecule has 2 fully saturated rings. The van der Waals surface area contributed by atoms with E-state index in [1.807, 2.05) is 0 Å². The summed E-state index contributed by atoms with van der Waals surface area (Å²) in [4.78, 5) is 12.0. The SMILES string of the molecule is CC[C@H]1C=C(C(=O)OC)[C@H]2CCC3(OCCO3)[C@H]2C1. The monoisotopic (exact) mass is 266 g/mol. The number of ether oxygens (including phenoxy) is 3. The fourth-order valence-electron chi connectivity index (χ4n) is 3.99. The first-order valence-electron chi connectivity index (χ1n) is 7.28. The van der Waals surface area contributed by atoms with Crippen LogP contribution in [0.15, 0.2) is 11.6 Å². The van der Waals surface area contributed by atoms with Gasteiger partial charge in [-0.25, -0.2) is 4.79 Å². The molecule has 1 aliphatic heterocycles. The zero-order chi connectivity index (χ0) is 13.5. The molecule has 3 atom stereocenters. The highest BCUT2D eigenvalue weighted by atomic mass is 16.7. The average molecular weight is 266 g/mol. The van der Waals surface area contributed by atoms with E-state index < -0.39 is 5.79 Å². The van der Waals surface area contributed by atoms with Crippen LogP contribution < -0.4 is 0 Å². The molecule has 0 radical (unpaired) electrons. The Labute approximate surface area is 114 Å². The van der Waals surface area contributed by atoms with E-state index in [1.165, 1.54) is 7.11 Å². The Bertz CT molecular complexity index is 395. The van der Waals surface area contributed by atoms with Crippen molar-refractivity contribution in [3.05, 3.63) is 11.6 Å². The predicted octanol–water partition coefficient (Wildman–Crippen LogP) is 2.29. The van der Waals surface area contributed by atoms with Crippen LogP contribution in [-0.2, 0) is 19.0 Å². The van der Waals surface area contributed by atoms with Crippen molar-refractivity contribution in [2.75, 3.05) is 20.3 Å². The summed E-state index contributed by atoms with van der Waals surface area (Å²) >= 11 is 0. The van der Waals surface area contributed by atoms with Gasteiger partial charge in [-0.3, -0.25) is 0 Å². The standard InChI is InChI=1S/C15H22O4/c1-3-10-8-12(14(16)17-2)11-4-5-15(13(11)9-10)18-6-7-19-15/h8,10-11,13H,3-7,9H2,1-2H3/t10-,11+,13-/m0/s1. The van der Waals surface area contributed by atoms with Gasteiger partial charge in [0.05, 0.1) is 20.3 Å². The van der Waals surface area contributed by atoms with E-state index in [2.05, 4.69) is 13.0 Å². The van der Waals surface area contributed by atoms with Gasteiger partial charge < -0.3 is 14.2 Å². The summed E-state index contributed by atoms with van der Waals surface area (Å²) in [5, 5.41) is 0. The van der Waals surface area contributed by atoms with Gasteiger partial charge >= 0.3 is 5.97 Å². The van der Waals surface area contributed by atoms with Crippen molar-refractivity contribution in [1.82, 2.24) is 0 Å². The number of carbonyl (C=O) groups is 1. The van der Waals surface area contributed by atoms with Crippen LogP contribution in [0.4, 0.5) is 0 Å². The summed E-state index contributed by atoms with van der Waals surface area (Å²) in [6.45, 7) is 3.52. The minimum atomic E-state index is -0.425. The van der Waals surface area contributed by atoms with Gasteiger partial charge in [0.15, 0.2) is 5.79 Å². The lowest BCUT2D eigenvalue weighted by atomic mass is 9.74. The minimum absolute atomic E-state index is 0.178. The van der Waals surface area contributed by atoms with Gasteiger partial charge in [-0.15, -0.1) is 0 Å². The number of fused-ring (bicyclic) bond motifs is 2. The normalized spacial score (nSPS) is 36.1. The van der Waals surface area contributed by atoms with Gasteiger partial charge in [-0.2, -0.15) is 0 Å². The topological polar surface area (TPSA) is 44.8 Å². The van der Waals surface area contributed by atoms with Crippen molar-refractivity contribution in [3.63, 3.8) is 0 Å². The first kappa shape index (κ1) is 13.1. The van der Waals surface area contributed by atoms with Crippen LogP contribution in [0.2, 0.25) is 0 Å². The number of methoxy groups -OCH3 is 1. The van der Waals surface area contributed by atoms with Gasteiger partial charge in [-0.1, -0.05) is 13.0 Å². The fraction of sp³-hybridized carbons (Fsp3) is 0.800. The second-order valence-electron chi connectivity index (χ2n) is 5.78. The van der Waals surface area contributed by atoms with Crippen LogP contribution in [0.1, 0.15) is 32.6 Å². The zero-order valence-corrected chi connectivity index (χ0v) is 11.7. The van der Waals surface area contributed by atoms with Gasteiger partial charge in [0.2, 0.25) is 0 Å². The van der Waals surface area contributed by atoms with Gasteiger partial charge in [-0.05, 0) is 31.1 Å². The van der Waals surface area contributed by atoms with E-state index in [4.69, 9.17) is 14.2 Å². The summed E-state index contributed by atoms with van der Waals surface area (Å²) < 4.78 is 16.8. The number of rotatable bonds is 2. The maximum atomic E-state index is 12.0. The molecule has 19 heavy (non-hydrogen) atoms. The number of allylic oxidation sites excluding steroid dienone is 1. The van der Waals surface area contributed by atoms with E-state index in [0.717, 1.165) is 31.3 Å². The van der Waals surface area contributed by atoms with Crippen molar-refractivity contribution >= 4 is 5.97 Å². The van der Waals surface area contributed by atoms with Crippen molar-refractivity contribution in [3.8, 4) is 0 Å². The highest BCUT2D eigenvalue weighted by molar-refractivity contribution is 5.89. The van der Waals surface area contributed by atoms with Crippen molar-refractivity contribution in [2.45, 2.75) is 38.4 Å². The van der Waals surface area contributed by atoms with Crippen LogP contribution in [0.5, 0.6) is 0 Å². The largest absolute Gasteiger partial charge is 0.466 e. The third kappa shape index (κ3) is 2.01. The first-order chi connectivity index (χ1) is 9.20. The second-order valence-corrected chi connectivity index (χ2v) is 5.78. The van der Waals surface area contributed by atoms with Gasteiger partial charge in [0, 0.05) is 17.9 Å². The lowest BCUT2D eigenvalue weighted by molar-refractivity contribution is -0.189. The first-order valence-corrected chi connectivity index (χ1v) is 7.28. The Morgan fingerprint density at radius 1 is 1.47 bits per heavy atom. The highest BCUT2D eigenvalue weighted by Crippen LogP contribution is 2.53. The average Bonchev–Trinajstić information content (AvgIpc) is 3.06. The molecule has 0 N–H and O–H groups in total. The molecular formula is C15H22O4. The number of esters is 1. The summed E-state index contributed by atoms with van der Waals surface area (Å²) in [7, 11) is 1.46. The molecule has 0 unspecified atom stereocenters. The predicted molar refractivity (Wildman–Crippen MR) is 69.3 cm³/mol. The highest BCUT2D eigenvalue weighted by Gasteiger charge is 2.56. The molecule has 1 spiro atoms. The molecule has 4 nitrogen and oxygen atoms in total. The Balaban J connectivity index is 1.91. The molecule has 3 rings (SSSR count). The molecule has 4 heteroatoms. The molecule has 2 aliphatic carbocycles. The molecule has 0 aromatic rings. The Morgan fingerprint density at radius 3 is 2.84 bits per heavy atom. The van der Waals surface area contributed by atoms with E-state index >= 15 is 0 Å². The van der Waals surface area contributed by atoms with Crippen LogP contribution in [0, 0.1) is 17.8 Å². The van der Waals surface area contributed by atoms with Gasteiger partial charge in [0.1, 0.15) is 0 Å². The summed E-state index contributed by atoms with van der Waals surface area (Å²) in [5.74, 6) is 0.375. The smallest absolute Gasteiger partial charge is 0.333 e. The van der Waals surface area contributed by atoms with Crippen LogP contribution in [0.3, 0.4) is 0 Å². The van der Waals surface area contributed by atoms with Crippen molar-refractivity contribution < 1.29 is 19.0 Å². The molecule has 3 aliphatic rings. The summed E-state index contributed by atoms with van der Waals surface area (Å²) in [6.07, 6.45) is 6.08. The third-order valence-electron chi connectivity index (χ3n) is 4.95. The number of hydrogen-bond acceptors (Lipinski definition) is 4. The molecule has 1 heterocycles. The van der Waals surface area contributed by atoms with E-state index in [-0.39, 0.29) is 11.9 Å². The number of carbonyl (C=O) groups excluding carboxylic acids is 1. The molecule has 0 bridgehead atoms. The molecule has 106 valence electrons. The number of hydrogen-bond donors (Lipinski definition) is 0. The molecule has 1 saturated carbocycles. The van der Waals surface area contributed by atoms with Crippen LogP contribution >= 0.6 is 0 Å². The quantitative estimate of drug-likeness (QED) is 0.719. The fourth-order valence-corrected chi connectivity index (χ4v) is 3.99. The Hall–Kier alpha value is -0.870. The maximum absolute atomic E-state index is 12.0. The summed E-state index contributed by atoms with van der Waals surface area (Å²) in [6, 6.07) is 0. The van der Waals surface area contributed by atoms with Gasteiger partial charge in [0.25, 0.3) is 0 Å². The van der Waals surface area contributed by atoms with E-state index in [9.17, 15) is 4.79 Å². The molecule has 0 amide bonds. The van der Waals surface area contributed by atoms with Crippen LogP contribution in [0.25, 0.3) is 0 Å². The zero-order valence-electron chi connectivity index (χ0n) is 11.7. The second kappa shape index (κ2) is 4.91. The maximum Gasteiger partial charge on any atom is 0.333 e. The molecular weight excluding hydrogens is 244 g/mol. The van der Waals surface area contributed by atoms with Crippen molar-refractivity contribution in [1.29, 1.82) is 0 Å². The molecule has 1 saturated heterocycles. The molecule has 0 aromatic heterocycles. The summed E-state index contributed by atoms with van der Waals surface area (Å²) in [5.41, 5.74) is 0.849. The molecule has 0 aromatic carbocycles. The van der Waals surface area contributed by atoms with E-state index in [1.54, 1.807) is 0 Å². The van der Waals surface area contributed by atoms with Crippen LogP contribution in [-0.4, -0.2) is 32.1 Å². The lowest BCUT2D eigenvalue weighted by Gasteiger charge is -2.37. The lowest BCUT2D eigenvalue weighted by Crippen LogP contribution is -2.40. The Morgan fingerprint density at radius 2 is 2.21 bits per heavy atom. The van der Waals surface area contributed by atoms with Crippen molar-refractivity contribution in [2.24, 2.45) is 17.8 Å².